The molecule has 2 aromatic heterocycles. The number of piperidine rings is 3. The topological polar surface area (TPSA) is 138 Å². The third-order valence-corrected chi connectivity index (χ3v) is 12.3. The van der Waals surface area contributed by atoms with E-state index >= 15 is 0 Å². The number of hydrogen-bond acceptors (Lipinski definition) is 10. The van der Waals surface area contributed by atoms with Crippen LogP contribution in [0.1, 0.15) is 65.7 Å². The van der Waals surface area contributed by atoms with Gasteiger partial charge in [-0.1, -0.05) is 0 Å². The van der Waals surface area contributed by atoms with Crippen molar-refractivity contribution < 1.29 is 23.9 Å². The second kappa shape index (κ2) is 15.5. The molecule has 6 heterocycles. The van der Waals surface area contributed by atoms with Crippen LogP contribution >= 0.6 is 0 Å². The Kier molecular flexibility index (Phi) is 10.8. The van der Waals surface area contributed by atoms with Crippen LogP contribution in [0.5, 0.6) is 11.5 Å². The molecular formula is C41H53N7O6. The van der Waals surface area contributed by atoms with Gasteiger partial charge in [-0.15, -0.1) is 0 Å². The molecule has 1 unspecified atom stereocenters. The number of imide groups is 1. The second-order valence-electron chi connectivity index (χ2n) is 15.8. The van der Waals surface area contributed by atoms with Gasteiger partial charge in [0.2, 0.25) is 11.8 Å². The molecule has 3 amide bonds. The lowest BCUT2D eigenvalue weighted by Crippen LogP contribution is -2.60. The summed E-state index contributed by atoms with van der Waals surface area (Å²) < 4.78 is 13.5. The highest BCUT2D eigenvalue weighted by molar-refractivity contribution is 6.03. The molecule has 13 nitrogen and oxygen atoms in total. The van der Waals surface area contributed by atoms with Crippen LogP contribution in [-0.4, -0.2) is 103 Å². The molecule has 54 heavy (non-hydrogen) atoms. The van der Waals surface area contributed by atoms with Crippen LogP contribution in [0.2, 0.25) is 0 Å². The summed E-state index contributed by atoms with van der Waals surface area (Å²) in [6, 6.07) is 7.06. The Morgan fingerprint density at radius 3 is 2.24 bits per heavy atom. The summed E-state index contributed by atoms with van der Waals surface area (Å²) in [6.07, 6.45) is 8.87. The van der Waals surface area contributed by atoms with E-state index in [1.165, 1.54) is 25.7 Å². The second-order valence-corrected chi connectivity index (χ2v) is 15.8. The van der Waals surface area contributed by atoms with Crippen molar-refractivity contribution in [3.8, 4) is 22.6 Å². The zero-order chi connectivity index (χ0) is 38.1. The van der Waals surface area contributed by atoms with Gasteiger partial charge in [-0.25, -0.2) is 4.98 Å². The highest BCUT2D eigenvalue weighted by Gasteiger charge is 2.45. The summed E-state index contributed by atoms with van der Waals surface area (Å²) >= 11 is 0. The number of carbonyl (C=O) groups excluding carboxylic acids is 3. The molecule has 1 spiro atoms. The minimum absolute atomic E-state index is 0.0173. The van der Waals surface area contributed by atoms with Gasteiger partial charge in [0.1, 0.15) is 23.2 Å². The highest BCUT2D eigenvalue weighted by Crippen LogP contribution is 2.43. The van der Waals surface area contributed by atoms with E-state index in [9.17, 15) is 19.2 Å². The Morgan fingerprint density at radius 1 is 0.944 bits per heavy atom. The van der Waals surface area contributed by atoms with E-state index < -0.39 is 17.9 Å². The van der Waals surface area contributed by atoms with Crippen LogP contribution < -0.4 is 30.6 Å². The third kappa shape index (κ3) is 7.74. The number of carbonyl (C=O) groups is 3. The zero-order valence-corrected chi connectivity index (χ0v) is 32.2. The first kappa shape index (κ1) is 37.6. The molecule has 1 aromatic carbocycles. The minimum Gasteiger partial charge on any atom is -0.496 e. The number of nitrogens with one attached hydrogen (secondary N) is 2. The molecule has 0 aliphatic carbocycles. The van der Waals surface area contributed by atoms with E-state index in [0.717, 1.165) is 97.4 Å². The predicted octanol–water partition coefficient (Wildman–Crippen LogP) is 3.43. The molecular weight excluding hydrogens is 686 g/mol. The number of methoxy groups -OCH3 is 2. The Morgan fingerprint density at radius 2 is 1.63 bits per heavy atom. The number of hydrogen-bond donors (Lipinski definition) is 2. The van der Waals surface area contributed by atoms with Crippen LogP contribution in [-0.2, 0) is 23.2 Å². The highest BCUT2D eigenvalue weighted by atomic mass is 16.5. The largest absolute Gasteiger partial charge is 0.496 e. The van der Waals surface area contributed by atoms with E-state index in [4.69, 9.17) is 9.47 Å². The van der Waals surface area contributed by atoms with Crippen molar-refractivity contribution in [1.82, 2.24) is 30.0 Å². The Balaban J connectivity index is 0.863. The molecule has 7 rings (SSSR count). The van der Waals surface area contributed by atoms with Crippen LogP contribution in [0.4, 0.5) is 5.69 Å². The number of ether oxygens (including phenoxy) is 2. The molecule has 0 saturated carbocycles. The normalized spacial score (nSPS) is 20.8. The van der Waals surface area contributed by atoms with Gasteiger partial charge in [-0.2, -0.15) is 0 Å². The van der Waals surface area contributed by atoms with E-state index in [2.05, 4.69) is 42.5 Å². The van der Waals surface area contributed by atoms with Crippen LogP contribution in [0.15, 0.2) is 41.5 Å². The maximum atomic E-state index is 12.7. The van der Waals surface area contributed by atoms with Gasteiger partial charge >= 0.3 is 0 Å². The molecule has 4 saturated heterocycles. The Hall–Kier alpha value is -4.75. The molecule has 13 heteroatoms. The molecule has 3 aromatic rings. The minimum atomic E-state index is -0.718. The zero-order valence-electron chi connectivity index (χ0n) is 32.2. The van der Waals surface area contributed by atoms with E-state index in [1.54, 1.807) is 38.1 Å². The number of nitrogens with zero attached hydrogens (tertiary/aromatic N) is 5. The monoisotopic (exact) mass is 739 g/mol. The fraction of sp³-hybridized carbons (Fsp3) is 0.537. The number of aromatic nitrogens is 2. The molecule has 4 aliphatic heterocycles. The molecule has 0 radical (unpaired) electrons. The number of aryl methyl sites for hydroxylation is 1. The number of likely N-dealkylation sites (tertiary alicyclic amines) is 2. The maximum absolute atomic E-state index is 12.7. The van der Waals surface area contributed by atoms with Crippen LogP contribution in [0.3, 0.4) is 0 Å². The van der Waals surface area contributed by atoms with Crippen LogP contribution in [0, 0.1) is 25.2 Å². The van der Waals surface area contributed by atoms with Crippen molar-refractivity contribution in [2.45, 2.75) is 65.0 Å². The third-order valence-electron chi connectivity index (χ3n) is 12.3. The Bertz CT molecular complexity index is 1930. The van der Waals surface area contributed by atoms with Crippen LogP contribution in [0.25, 0.3) is 11.1 Å². The number of anilines is 1. The van der Waals surface area contributed by atoms with E-state index in [-0.39, 0.29) is 23.6 Å². The van der Waals surface area contributed by atoms with Gasteiger partial charge in [0, 0.05) is 62.4 Å². The van der Waals surface area contributed by atoms with Gasteiger partial charge in [-0.3, -0.25) is 29.4 Å². The summed E-state index contributed by atoms with van der Waals surface area (Å²) in [4.78, 5) is 60.4. The Labute approximate surface area is 317 Å². The van der Waals surface area contributed by atoms with Crippen molar-refractivity contribution in [1.29, 1.82) is 0 Å². The molecule has 288 valence electrons. The number of benzene rings is 1. The van der Waals surface area contributed by atoms with Gasteiger partial charge < -0.3 is 29.2 Å². The summed E-state index contributed by atoms with van der Waals surface area (Å²) in [5, 5.41) is 4.95. The average Bonchev–Trinajstić information content (AvgIpc) is 3.16. The predicted molar refractivity (Wildman–Crippen MR) is 206 cm³/mol. The lowest BCUT2D eigenvalue weighted by molar-refractivity contribution is -0.134. The average molecular weight is 740 g/mol. The summed E-state index contributed by atoms with van der Waals surface area (Å²) in [6.45, 7) is 12.1. The first-order valence-corrected chi connectivity index (χ1v) is 19.2. The number of amides is 3. The summed E-state index contributed by atoms with van der Waals surface area (Å²) in [5.74, 6) is 1.10. The van der Waals surface area contributed by atoms with Crippen molar-refractivity contribution in [3.63, 3.8) is 0 Å². The van der Waals surface area contributed by atoms with Crippen molar-refractivity contribution >= 4 is 23.4 Å². The summed E-state index contributed by atoms with van der Waals surface area (Å²) in [5.41, 5.74) is 6.36. The van der Waals surface area contributed by atoms with E-state index in [1.807, 2.05) is 26.1 Å². The molecule has 4 fully saturated rings. The SMILES string of the molecule is COc1cc(-c2cn(C)c(=O)c(C)c2C)cc(OC)c1CN1CCC(CN2CCC3(CC2)CN(c2ccc(C(=O)NC4CCC(=O)NC4=O)nc2)C3)CC1. The van der Waals surface area contributed by atoms with Crippen molar-refractivity contribution in [2.75, 3.05) is 64.9 Å². The van der Waals surface area contributed by atoms with Gasteiger partial charge in [0.15, 0.2) is 0 Å². The maximum Gasteiger partial charge on any atom is 0.270 e. The molecule has 2 N–H and O–H groups in total. The summed E-state index contributed by atoms with van der Waals surface area (Å²) in [7, 11) is 5.21. The van der Waals surface area contributed by atoms with Gasteiger partial charge in [0.25, 0.3) is 11.5 Å². The van der Waals surface area contributed by atoms with Crippen molar-refractivity contribution in [2.24, 2.45) is 18.4 Å². The fourth-order valence-electron chi connectivity index (χ4n) is 8.72. The quantitative estimate of drug-likeness (QED) is 0.298. The lowest BCUT2D eigenvalue weighted by Gasteiger charge is -2.55. The molecule has 0 bridgehead atoms. The van der Waals surface area contributed by atoms with E-state index in [0.29, 0.717) is 17.8 Å². The first-order valence-electron chi connectivity index (χ1n) is 19.2. The number of rotatable bonds is 10. The van der Waals surface area contributed by atoms with Gasteiger partial charge in [0.05, 0.1) is 31.7 Å². The van der Waals surface area contributed by atoms with Gasteiger partial charge in [-0.05, 0) is 113 Å². The number of pyridine rings is 2. The first-order chi connectivity index (χ1) is 26.0. The lowest BCUT2D eigenvalue weighted by atomic mass is 9.71. The molecule has 4 aliphatic rings. The fourth-order valence-corrected chi connectivity index (χ4v) is 8.72. The van der Waals surface area contributed by atoms with Crippen molar-refractivity contribution in [3.05, 3.63) is 69.4 Å². The standard InChI is InChI=1S/C41H53N7O6/c1-26-27(2)40(52)45(3)22-31(26)29-18-35(53-4)32(36(19-29)54-5)23-46-14-10-28(11-15-46)21-47-16-12-41(13-17-47)24-48(25-41)30-6-7-33(42-20-30)38(50)43-34-8-9-37(49)44-39(34)51/h6-7,18-20,22,28,34H,8-17,21,23-25H2,1-5H3,(H,43,50)(H,44,49,51). The smallest absolute Gasteiger partial charge is 0.270 e. The molecule has 1 atom stereocenters.